The maximum absolute atomic E-state index is 12.5. The molecule has 0 spiro atoms. The van der Waals surface area contributed by atoms with Gasteiger partial charge in [0, 0.05) is 64.8 Å². The van der Waals surface area contributed by atoms with Gasteiger partial charge in [0.15, 0.2) is 5.96 Å². The molecular weight excluding hydrogens is 356 g/mol. The van der Waals surface area contributed by atoms with Crippen LogP contribution in [0.1, 0.15) is 12.1 Å². The van der Waals surface area contributed by atoms with Crippen LogP contribution in [0.2, 0.25) is 0 Å². The Kier molecular flexibility index (Phi) is 7.11. The number of anilines is 1. The van der Waals surface area contributed by atoms with E-state index in [-0.39, 0.29) is 5.91 Å². The van der Waals surface area contributed by atoms with Gasteiger partial charge < -0.3 is 20.4 Å². The van der Waals surface area contributed by atoms with Crippen LogP contribution in [0.3, 0.4) is 0 Å². The number of nitrogens with zero attached hydrogens (tertiary/aromatic N) is 6. The van der Waals surface area contributed by atoms with Crippen molar-refractivity contribution in [3.05, 3.63) is 48.5 Å². The number of guanidine groups is 1. The van der Waals surface area contributed by atoms with Crippen LogP contribution >= 0.6 is 0 Å². The molecule has 148 valence electrons. The van der Waals surface area contributed by atoms with Crippen LogP contribution in [0, 0.1) is 0 Å². The van der Waals surface area contributed by atoms with Gasteiger partial charge in [-0.3, -0.25) is 14.8 Å². The van der Waals surface area contributed by atoms with Gasteiger partial charge in [-0.05, 0) is 18.2 Å². The van der Waals surface area contributed by atoms with Crippen LogP contribution < -0.4 is 15.5 Å². The van der Waals surface area contributed by atoms with Crippen molar-refractivity contribution in [1.82, 2.24) is 30.5 Å². The molecule has 1 saturated heterocycles. The molecule has 0 atom stereocenters. The number of rotatable bonds is 6. The molecule has 3 heterocycles. The van der Waals surface area contributed by atoms with Crippen molar-refractivity contribution in [3.63, 3.8) is 0 Å². The third-order valence-corrected chi connectivity index (χ3v) is 4.49. The lowest BCUT2D eigenvalue weighted by atomic mass is 10.3. The second kappa shape index (κ2) is 10.2. The highest BCUT2D eigenvalue weighted by Gasteiger charge is 2.22. The van der Waals surface area contributed by atoms with Crippen LogP contribution in [0.25, 0.3) is 0 Å². The molecule has 0 aliphatic carbocycles. The average Bonchev–Trinajstić information content (AvgIpc) is 2.77. The number of nitrogens with one attached hydrogen (secondary N) is 2. The summed E-state index contributed by atoms with van der Waals surface area (Å²) < 4.78 is 0. The molecule has 1 amide bonds. The van der Waals surface area contributed by atoms with Crippen LogP contribution in [0.4, 0.5) is 5.95 Å². The molecule has 2 aromatic heterocycles. The quantitative estimate of drug-likeness (QED) is 0.547. The largest absolute Gasteiger partial charge is 0.356 e. The molecule has 1 fully saturated rings. The first-order valence-electron chi connectivity index (χ1n) is 9.40. The maximum atomic E-state index is 12.5. The zero-order valence-electron chi connectivity index (χ0n) is 16.1. The average molecular weight is 382 g/mol. The Hall–Kier alpha value is -3.23. The molecule has 2 N–H and O–H groups in total. The van der Waals surface area contributed by atoms with E-state index < -0.39 is 0 Å². The predicted octanol–water partition coefficient (Wildman–Crippen LogP) is 0.276. The third kappa shape index (κ3) is 5.63. The number of hydrogen-bond donors (Lipinski definition) is 2. The molecule has 9 nitrogen and oxygen atoms in total. The first-order chi connectivity index (χ1) is 13.8. The molecule has 0 bridgehead atoms. The first kappa shape index (κ1) is 19.5. The Morgan fingerprint density at radius 1 is 1.04 bits per heavy atom. The van der Waals surface area contributed by atoms with E-state index in [0.717, 1.165) is 24.7 Å². The van der Waals surface area contributed by atoms with E-state index in [2.05, 4.69) is 35.5 Å². The van der Waals surface area contributed by atoms with Crippen molar-refractivity contribution >= 4 is 17.8 Å². The van der Waals surface area contributed by atoms with Crippen molar-refractivity contribution in [3.8, 4) is 0 Å². The molecule has 1 aliphatic rings. The van der Waals surface area contributed by atoms with Crippen molar-refractivity contribution in [2.45, 2.75) is 13.0 Å². The number of piperazine rings is 1. The zero-order chi connectivity index (χ0) is 19.6. The minimum Gasteiger partial charge on any atom is -0.356 e. The Labute approximate surface area is 164 Å². The molecular formula is C19H26N8O. The minimum atomic E-state index is 0.140. The first-order valence-corrected chi connectivity index (χ1v) is 9.40. The molecule has 0 aromatic carbocycles. The van der Waals surface area contributed by atoms with Crippen molar-refractivity contribution in [2.75, 3.05) is 44.7 Å². The zero-order valence-corrected chi connectivity index (χ0v) is 16.1. The lowest BCUT2D eigenvalue weighted by Crippen LogP contribution is -2.50. The maximum Gasteiger partial charge on any atom is 0.225 e. The number of carbonyl (C=O) groups excluding carboxylic acids is 1. The summed E-state index contributed by atoms with van der Waals surface area (Å²) in [5.74, 6) is 1.52. The molecule has 0 saturated carbocycles. The number of hydrogen-bond acceptors (Lipinski definition) is 6. The Bertz CT molecular complexity index is 760. The minimum absolute atomic E-state index is 0.140. The highest BCUT2D eigenvalue weighted by molar-refractivity contribution is 5.81. The van der Waals surface area contributed by atoms with Crippen molar-refractivity contribution < 1.29 is 4.79 Å². The van der Waals surface area contributed by atoms with E-state index in [1.54, 1.807) is 31.7 Å². The second-order valence-electron chi connectivity index (χ2n) is 6.34. The summed E-state index contributed by atoms with van der Waals surface area (Å²) in [6.45, 7) is 3.97. The summed E-state index contributed by atoms with van der Waals surface area (Å²) in [5.41, 5.74) is 0.932. The fourth-order valence-corrected chi connectivity index (χ4v) is 2.95. The van der Waals surface area contributed by atoms with Crippen molar-refractivity contribution in [1.29, 1.82) is 0 Å². The summed E-state index contributed by atoms with van der Waals surface area (Å²) in [4.78, 5) is 33.4. The number of aromatic nitrogens is 3. The lowest BCUT2D eigenvalue weighted by molar-refractivity contribution is -0.131. The van der Waals surface area contributed by atoms with Gasteiger partial charge in [0.1, 0.15) is 0 Å². The molecule has 3 rings (SSSR count). The van der Waals surface area contributed by atoms with E-state index in [0.29, 0.717) is 38.6 Å². The van der Waals surface area contributed by atoms with Crippen molar-refractivity contribution in [2.24, 2.45) is 4.99 Å². The van der Waals surface area contributed by atoms with E-state index >= 15 is 0 Å². The van der Waals surface area contributed by atoms with Gasteiger partial charge in [-0.15, -0.1) is 0 Å². The second-order valence-corrected chi connectivity index (χ2v) is 6.34. The molecule has 28 heavy (non-hydrogen) atoms. The number of aliphatic imine (C=N–C) groups is 1. The summed E-state index contributed by atoms with van der Waals surface area (Å²) >= 11 is 0. The van der Waals surface area contributed by atoms with Gasteiger partial charge >= 0.3 is 0 Å². The van der Waals surface area contributed by atoms with Gasteiger partial charge in [-0.1, -0.05) is 6.07 Å². The van der Waals surface area contributed by atoms with Crippen LogP contribution in [0.5, 0.6) is 0 Å². The summed E-state index contributed by atoms with van der Waals surface area (Å²) in [7, 11) is 1.71. The smallest absolute Gasteiger partial charge is 0.225 e. The van der Waals surface area contributed by atoms with E-state index in [1.807, 2.05) is 23.1 Å². The lowest BCUT2D eigenvalue weighted by Gasteiger charge is -2.34. The third-order valence-electron chi connectivity index (χ3n) is 4.49. The number of carbonyl (C=O) groups is 1. The van der Waals surface area contributed by atoms with E-state index in [4.69, 9.17) is 0 Å². The number of amides is 1. The van der Waals surface area contributed by atoms with Gasteiger partial charge in [-0.25, -0.2) is 9.97 Å². The Morgan fingerprint density at radius 2 is 1.79 bits per heavy atom. The standard InChI is InChI=1S/C19H26N8O/c1-20-18(25-15-16-5-2-3-7-21-16)22-10-6-17(28)26-11-13-27(14-12-26)19-23-8-4-9-24-19/h2-5,7-9H,6,10-15H2,1H3,(H2,20,22,25). The van der Waals surface area contributed by atoms with E-state index in [9.17, 15) is 4.79 Å². The Balaban J connectivity index is 1.36. The van der Waals surface area contributed by atoms with Crippen LogP contribution in [-0.4, -0.2) is 71.5 Å². The highest BCUT2D eigenvalue weighted by atomic mass is 16.2. The fraction of sp³-hybridized carbons (Fsp3) is 0.421. The SMILES string of the molecule is CN=C(NCCC(=O)N1CCN(c2ncccn2)CC1)NCc1ccccn1. The molecule has 0 unspecified atom stereocenters. The van der Waals surface area contributed by atoms with Crippen LogP contribution in [0.15, 0.2) is 47.8 Å². The summed E-state index contributed by atoms with van der Waals surface area (Å²) in [6.07, 6.45) is 5.66. The van der Waals surface area contributed by atoms with Gasteiger partial charge in [0.25, 0.3) is 0 Å². The molecule has 1 aliphatic heterocycles. The van der Waals surface area contributed by atoms with Crippen LogP contribution in [-0.2, 0) is 11.3 Å². The Morgan fingerprint density at radius 3 is 2.46 bits per heavy atom. The van der Waals surface area contributed by atoms with Gasteiger partial charge in [0.05, 0.1) is 12.2 Å². The number of pyridine rings is 1. The summed E-state index contributed by atoms with van der Waals surface area (Å²) in [6, 6.07) is 7.58. The monoisotopic (exact) mass is 382 g/mol. The molecule has 9 heteroatoms. The fourth-order valence-electron chi connectivity index (χ4n) is 2.95. The summed E-state index contributed by atoms with van der Waals surface area (Å²) in [5, 5.41) is 6.37. The van der Waals surface area contributed by atoms with Gasteiger partial charge in [0.2, 0.25) is 11.9 Å². The van der Waals surface area contributed by atoms with Gasteiger partial charge in [-0.2, -0.15) is 0 Å². The molecule has 0 radical (unpaired) electrons. The van der Waals surface area contributed by atoms with E-state index in [1.165, 1.54) is 0 Å². The topological polar surface area (TPSA) is 98.6 Å². The predicted molar refractivity (Wildman–Crippen MR) is 108 cm³/mol. The molecule has 2 aromatic rings. The highest BCUT2D eigenvalue weighted by Crippen LogP contribution is 2.10. The normalized spacial score (nSPS) is 14.7.